The van der Waals surface area contributed by atoms with Crippen LogP contribution in [0.3, 0.4) is 0 Å². The van der Waals surface area contributed by atoms with Gasteiger partial charge in [-0.05, 0) is 13.8 Å². The molecule has 0 saturated carbocycles. The minimum atomic E-state index is -0.926. The normalized spacial score (nSPS) is 23.9. The van der Waals surface area contributed by atoms with Crippen LogP contribution in [0.4, 0.5) is 4.39 Å². The van der Waals surface area contributed by atoms with Crippen LogP contribution < -0.4 is 10.6 Å². The fourth-order valence-electron chi connectivity index (χ4n) is 1.95. The maximum Gasteiger partial charge on any atom is 0.237 e. The van der Waals surface area contributed by atoms with Crippen LogP contribution >= 0.6 is 0 Å². The minimum absolute atomic E-state index is 0.176. The fraction of sp³-hybridized carbons (Fsp3) is 0.636. The zero-order valence-corrected chi connectivity index (χ0v) is 9.92. The molecular weight excluding hydrogens is 225 g/mol. The van der Waals surface area contributed by atoms with Crippen LogP contribution in [0.5, 0.6) is 0 Å². The number of amides is 1. The Kier molecular flexibility index (Phi) is 3.42. The lowest BCUT2D eigenvalue weighted by molar-refractivity contribution is -0.123. The summed E-state index contributed by atoms with van der Waals surface area (Å²) in [6, 6.07) is -0.425. The van der Waals surface area contributed by atoms with Crippen molar-refractivity contribution in [1.29, 1.82) is 0 Å². The largest absolute Gasteiger partial charge is 0.361 e. The molecule has 17 heavy (non-hydrogen) atoms. The lowest BCUT2D eigenvalue weighted by atomic mass is 10.1. The molecule has 2 rings (SSSR count). The Morgan fingerprint density at radius 2 is 2.41 bits per heavy atom. The molecule has 1 amide bonds. The molecule has 2 N–H and O–H groups in total. The highest BCUT2D eigenvalue weighted by Gasteiger charge is 2.29. The van der Waals surface area contributed by atoms with Crippen molar-refractivity contribution in [3.63, 3.8) is 0 Å². The summed E-state index contributed by atoms with van der Waals surface area (Å²) in [5.74, 6) is 0.524. The third-order valence-electron chi connectivity index (χ3n) is 3.01. The molecule has 0 radical (unpaired) electrons. The van der Waals surface area contributed by atoms with Gasteiger partial charge in [-0.25, -0.2) is 4.39 Å². The maximum absolute atomic E-state index is 12.9. The number of carbonyl (C=O) groups is 1. The van der Waals surface area contributed by atoms with Gasteiger partial charge in [0, 0.05) is 25.1 Å². The number of carbonyl (C=O) groups excluding carboxylic acids is 1. The number of aryl methyl sites for hydroxylation is 2. The van der Waals surface area contributed by atoms with Gasteiger partial charge in [0.25, 0.3) is 0 Å². The number of rotatable bonds is 3. The van der Waals surface area contributed by atoms with Crippen molar-refractivity contribution in [3.05, 3.63) is 17.0 Å². The summed E-state index contributed by atoms with van der Waals surface area (Å²) in [5.41, 5.74) is 1.65. The van der Waals surface area contributed by atoms with E-state index in [2.05, 4.69) is 15.8 Å². The molecule has 0 unspecified atom stereocenters. The molecule has 2 atom stereocenters. The quantitative estimate of drug-likeness (QED) is 0.813. The smallest absolute Gasteiger partial charge is 0.237 e. The van der Waals surface area contributed by atoms with Crippen molar-refractivity contribution in [2.24, 2.45) is 0 Å². The molecule has 6 heteroatoms. The first-order chi connectivity index (χ1) is 8.08. The highest BCUT2D eigenvalue weighted by molar-refractivity contribution is 5.82. The third-order valence-corrected chi connectivity index (χ3v) is 3.01. The summed E-state index contributed by atoms with van der Waals surface area (Å²) in [6.45, 7) is 4.24. The van der Waals surface area contributed by atoms with Crippen molar-refractivity contribution in [2.45, 2.75) is 39.0 Å². The molecule has 1 saturated heterocycles. The van der Waals surface area contributed by atoms with Crippen LogP contribution in [-0.4, -0.2) is 29.8 Å². The topological polar surface area (TPSA) is 67.2 Å². The van der Waals surface area contributed by atoms with Crippen LogP contribution in [0.1, 0.15) is 23.4 Å². The Bertz CT molecular complexity index is 399. The van der Waals surface area contributed by atoms with Gasteiger partial charge < -0.3 is 15.2 Å². The van der Waals surface area contributed by atoms with Crippen LogP contribution in [0.25, 0.3) is 0 Å². The molecule has 0 spiro atoms. The van der Waals surface area contributed by atoms with E-state index in [9.17, 15) is 9.18 Å². The van der Waals surface area contributed by atoms with Gasteiger partial charge in [-0.15, -0.1) is 0 Å². The number of hydrogen-bond acceptors (Lipinski definition) is 4. The van der Waals surface area contributed by atoms with Gasteiger partial charge in [-0.2, -0.15) is 0 Å². The first-order valence-electron chi connectivity index (χ1n) is 5.65. The van der Waals surface area contributed by atoms with E-state index in [0.717, 1.165) is 11.3 Å². The van der Waals surface area contributed by atoms with Crippen molar-refractivity contribution >= 4 is 5.91 Å². The molecule has 5 nitrogen and oxygen atoms in total. The second kappa shape index (κ2) is 4.83. The van der Waals surface area contributed by atoms with Gasteiger partial charge in [-0.1, -0.05) is 5.16 Å². The Morgan fingerprint density at radius 3 is 2.94 bits per heavy atom. The average Bonchev–Trinajstić information content (AvgIpc) is 2.84. The number of nitrogens with zero attached hydrogens (tertiary/aromatic N) is 1. The zero-order valence-electron chi connectivity index (χ0n) is 9.92. The van der Waals surface area contributed by atoms with Crippen LogP contribution in [-0.2, 0) is 11.3 Å². The summed E-state index contributed by atoms with van der Waals surface area (Å²) in [4.78, 5) is 11.7. The second-order valence-electron chi connectivity index (χ2n) is 4.31. The summed E-state index contributed by atoms with van der Waals surface area (Å²) in [7, 11) is 0. The van der Waals surface area contributed by atoms with Crippen molar-refractivity contribution < 1.29 is 13.7 Å². The van der Waals surface area contributed by atoms with E-state index in [1.54, 1.807) is 6.92 Å². The van der Waals surface area contributed by atoms with Crippen molar-refractivity contribution in [3.8, 4) is 0 Å². The lowest BCUT2D eigenvalue weighted by Gasteiger charge is -2.10. The number of hydrogen-bond donors (Lipinski definition) is 2. The summed E-state index contributed by atoms with van der Waals surface area (Å²) < 4.78 is 17.9. The Labute approximate surface area is 98.7 Å². The number of aromatic nitrogens is 1. The van der Waals surface area contributed by atoms with E-state index in [1.807, 2.05) is 6.92 Å². The average molecular weight is 241 g/mol. The molecule has 1 aliphatic heterocycles. The highest BCUT2D eigenvalue weighted by Crippen LogP contribution is 2.13. The second-order valence-corrected chi connectivity index (χ2v) is 4.31. The van der Waals surface area contributed by atoms with Gasteiger partial charge in [-0.3, -0.25) is 4.79 Å². The predicted molar refractivity (Wildman–Crippen MR) is 59.1 cm³/mol. The van der Waals surface area contributed by atoms with Crippen LogP contribution in [0.15, 0.2) is 4.52 Å². The molecule has 0 bridgehead atoms. The Balaban J connectivity index is 1.88. The SMILES string of the molecule is Cc1noc(C)c1CNC(=O)[C@H]1C[C@H](F)CN1. The van der Waals surface area contributed by atoms with Gasteiger partial charge in [0.2, 0.25) is 5.91 Å². The minimum Gasteiger partial charge on any atom is -0.361 e. The van der Waals surface area contributed by atoms with Crippen LogP contribution in [0, 0.1) is 13.8 Å². The van der Waals surface area contributed by atoms with Crippen LogP contribution in [0.2, 0.25) is 0 Å². The zero-order chi connectivity index (χ0) is 12.4. The molecule has 1 fully saturated rings. The molecule has 2 heterocycles. The summed E-state index contributed by atoms with van der Waals surface area (Å²) in [5, 5.41) is 9.40. The molecule has 94 valence electrons. The van der Waals surface area contributed by atoms with E-state index in [4.69, 9.17) is 4.52 Å². The van der Waals surface area contributed by atoms with E-state index in [-0.39, 0.29) is 18.9 Å². The van der Waals surface area contributed by atoms with Crippen molar-refractivity contribution in [1.82, 2.24) is 15.8 Å². The van der Waals surface area contributed by atoms with E-state index in [1.165, 1.54) is 0 Å². The van der Waals surface area contributed by atoms with Gasteiger partial charge in [0.15, 0.2) is 0 Å². The predicted octanol–water partition coefficient (Wildman–Crippen LogP) is 0.608. The maximum atomic E-state index is 12.9. The first kappa shape index (κ1) is 12.0. The van der Waals surface area contributed by atoms with Gasteiger partial charge in [0.05, 0.1) is 11.7 Å². The number of nitrogens with one attached hydrogen (secondary N) is 2. The first-order valence-corrected chi connectivity index (χ1v) is 5.65. The van der Waals surface area contributed by atoms with Gasteiger partial charge >= 0.3 is 0 Å². The van der Waals surface area contributed by atoms with E-state index >= 15 is 0 Å². The summed E-state index contributed by atoms with van der Waals surface area (Å²) in [6.07, 6.45) is -0.683. The highest BCUT2D eigenvalue weighted by atomic mass is 19.1. The summed E-state index contributed by atoms with van der Waals surface area (Å²) >= 11 is 0. The lowest BCUT2D eigenvalue weighted by Crippen LogP contribution is -2.40. The molecule has 0 aromatic carbocycles. The van der Waals surface area contributed by atoms with E-state index < -0.39 is 12.2 Å². The van der Waals surface area contributed by atoms with Crippen molar-refractivity contribution in [2.75, 3.05) is 6.54 Å². The standard InChI is InChI=1S/C11H16FN3O2/c1-6-9(7(2)17-15-6)5-14-11(16)10-3-8(12)4-13-10/h8,10,13H,3-5H2,1-2H3,(H,14,16)/t8-,10+/m0/s1. The molecule has 1 aromatic heterocycles. The molecule has 1 aromatic rings. The fourth-order valence-corrected chi connectivity index (χ4v) is 1.95. The Hall–Kier alpha value is -1.43. The molecule has 0 aliphatic carbocycles. The molecule has 1 aliphatic rings. The Morgan fingerprint density at radius 1 is 1.65 bits per heavy atom. The number of alkyl halides is 1. The number of halogens is 1. The van der Waals surface area contributed by atoms with Gasteiger partial charge in [0.1, 0.15) is 11.9 Å². The molecular formula is C11H16FN3O2. The monoisotopic (exact) mass is 241 g/mol. The third kappa shape index (κ3) is 2.63. The van der Waals surface area contributed by atoms with E-state index in [0.29, 0.717) is 12.3 Å².